The molecule has 3 heterocycles. The third kappa shape index (κ3) is 2.76. The molecule has 1 aromatic rings. The smallest absolute Gasteiger partial charge is 0.267 e. The molecule has 0 radical (unpaired) electrons. The molecule has 0 aliphatic carbocycles. The van der Waals surface area contributed by atoms with E-state index >= 15 is 0 Å². The van der Waals surface area contributed by atoms with Crippen molar-refractivity contribution < 1.29 is 14.3 Å². The van der Waals surface area contributed by atoms with E-state index in [0.717, 1.165) is 32.4 Å². The lowest BCUT2D eigenvalue weighted by molar-refractivity contribution is -0.0205. The van der Waals surface area contributed by atoms with Crippen LogP contribution in [0.5, 0.6) is 5.88 Å². The van der Waals surface area contributed by atoms with Gasteiger partial charge in [0.2, 0.25) is 5.88 Å². The minimum Gasteiger partial charge on any atom is -0.472 e. The van der Waals surface area contributed by atoms with Crippen molar-refractivity contribution in [3.05, 3.63) is 23.9 Å². The Hall–Kier alpha value is -1.66. The van der Waals surface area contributed by atoms with Crippen molar-refractivity contribution in [1.82, 2.24) is 10.3 Å². The third-order valence-corrected chi connectivity index (χ3v) is 3.95. The number of hydrogen-bond acceptors (Lipinski definition) is 5. The van der Waals surface area contributed by atoms with Crippen molar-refractivity contribution in [2.75, 3.05) is 19.7 Å². The fourth-order valence-electron chi connectivity index (χ4n) is 2.90. The molecule has 2 fully saturated rings. The fourth-order valence-corrected chi connectivity index (χ4v) is 2.90. The number of nitrogens with two attached hydrogens (primary N) is 1. The number of carbonyl (C=O) groups is 1. The Morgan fingerprint density at radius 2 is 2.25 bits per heavy atom. The van der Waals surface area contributed by atoms with E-state index in [1.807, 2.05) is 0 Å². The van der Waals surface area contributed by atoms with E-state index in [1.54, 1.807) is 18.2 Å². The standard InChI is InChI=1S/C14H19N3O3/c15-13(18)11-2-1-3-12(17-11)20-10-8-14(19-9-10)4-6-16-7-5-14/h1-3,10,16H,4-9H2,(H2,15,18). The van der Waals surface area contributed by atoms with Crippen LogP contribution >= 0.6 is 0 Å². The molecule has 2 saturated heterocycles. The number of primary amides is 1. The predicted molar refractivity (Wildman–Crippen MR) is 72.6 cm³/mol. The summed E-state index contributed by atoms with van der Waals surface area (Å²) in [6.45, 7) is 2.55. The molecular formula is C14H19N3O3. The number of aromatic nitrogens is 1. The van der Waals surface area contributed by atoms with Crippen LogP contribution in [0.2, 0.25) is 0 Å². The molecule has 1 spiro atoms. The largest absolute Gasteiger partial charge is 0.472 e. The van der Waals surface area contributed by atoms with Gasteiger partial charge >= 0.3 is 0 Å². The summed E-state index contributed by atoms with van der Waals surface area (Å²) in [5.74, 6) is -0.117. The Morgan fingerprint density at radius 1 is 1.45 bits per heavy atom. The van der Waals surface area contributed by atoms with Crippen LogP contribution in [-0.2, 0) is 4.74 Å². The van der Waals surface area contributed by atoms with Gasteiger partial charge in [-0.3, -0.25) is 4.79 Å². The first-order valence-electron chi connectivity index (χ1n) is 6.95. The van der Waals surface area contributed by atoms with Gasteiger partial charge in [-0.1, -0.05) is 6.07 Å². The molecule has 0 bridgehead atoms. The maximum atomic E-state index is 11.1. The Kier molecular flexibility index (Phi) is 3.58. The second-order valence-corrected chi connectivity index (χ2v) is 5.41. The van der Waals surface area contributed by atoms with Gasteiger partial charge in [0, 0.05) is 12.5 Å². The van der Waals surface area contributed by atoms with Gasteiger partial charge in [0.15, 0.2) is 0 Å². The number of carbonyl (C=O) groups excluding carboxylic acids is 1. The molecule has 108 valence electrons. The third-order valence-electron chi connectivity index (χ3n) is 3.95. The minimum atomic E-state index is -0.548. The molecule has 2 aliphatic heterocycles. The van der Waals surface area contributed by atoms with Crippen LogP contribution in [0.3, 0.4) is 0 Å². The van der Waals surface area contributed by atoms with Crippen LogP contribution in [0, 0.1) is 0 Å². The zero-order valence-electron chi connectivity index (χ0n) is 11.3. The van der Waals surface area contributed by atoms with Crippen molar-refractivity contribution >= 4 is 5.91 Å². The predicted octanol–water partition coefficient (Wildman–Crippen LogP) is 0.470. The maximum Gasteiger partial charge on any atom is 0.267 e. The summed E-state index contributed by atoms with van der Waals surface area (Å²) in [4.78, 5) is 15.2. The molecule has 3 rings (SSSR count). The lowest BCUT2D eigenvalue weighted by Gasteiger charge is -2.32. The maximum absolute atomic E-state index is 11.1. The molecule has 0 saturated carbocycles. The number of rotatable bonds is 3. The molecule has 20 heavy (non-hydrogen) atoms. The fraction of sp³-hybridized carbons (Fsp3) is 0.571. The second-order valence-electron chi connectivity index (χ2n) is 5.41. The van der Waals surface area contributed by atoms with Crippen molar-refractivity contribution in [3.8, 4) is 5.88 Å². The van der Waals surface area contributed by atoms with Gasteiger partial charge < -0.3 is 20.5 Å². The topological polar surface area (TPSA) is 86.5 Å². The molecule has 1 aromatic heterocycles. The van der Waals surface area contributed by atoms with Crippen molar-refractivity contribution in [1.29, 1.82) is 0 Å². The Balaban J connectivity index is 1.64. The summed E-state index contributed by atoms with van der Waals surface area (Å²) in [5, 5.41) is 3.34. The summed E-state index contributed by atoms with van der Waals surface area (Å²) < 4.78 is 11.8. The molecule has 1 amide bonds. The van der Waals surface area contributed by atoms with Crippen LogP contribution < -0.4 is 15.8 Å². The zero-order valence-corrected chi connectivity index (χ0v) is 11.3. The van der Waals surface area contributed by atoms with E-state index in [4.69, 9.17) is 15.2 Å². The van der Waals surface area contributed by atoms with Crippen molar-refractivity contribution in [3.63, 3.8) is 0 Å². The Bertz CT molecular complexity index is 500. The first kappa shape index (κ1) is 13.3. The van der Waals surface area contributed by atoms with Crippen molar-refractivity contribution in [2.24, 2.45) is 5.73 Å². The van der Waals surface area contributed by atoms with Gasteiger partial charge in [-0.25, -0.2) is 4.98 Å². The minimum absolute atomic E-state index is 0.0104. The zero-order chi connectivity index (χ0) is 14.0. The van der Waals surface area contributed by atoms with E-state index in [9.17, 15) is 4.79 Å². The summed E-state index contributed by atoms with van der Waals surface area (Å²) >= 11 is 0. The first-order valence-corrected chi connectivity index (χ1v) is 6.95. The average molecular weight is 277 g/mol. The highest BCUT2D eigenvalue weighted by atomic mass is 16.6. The van der Waals surface area contributed by atoms with Crippen LogP contribution in [0.15, 0.2) is 18.2 Å². The van der Waals surface area contributed by atoms with Gasteiger partial charge in [0.25, 0.3) is 5.91 Å². The summed E-state index contributed by atoms with van der Waals surface area (Å²) in [5.41, 5.74) is 5.39. The van der Waals surface area contributed by atoms with E-state index in [0.29, 0.717) is 12.5 Å². The number of ether oxygens (including phenoxy) is 2. The highest BCUT2D eigenvalue weighted by Gasteiger charge is 2.42. The van der Waals surface area contributed by atoms with Gasteiger partial charge in [0.05, 0.1) is 12.2 Å². The summed E-state index contributed by atoms with van der Waals surface area (Å²) in [7, 11) is 0. The molecule has 0 aromatic carbocycles. The van der Waals surface area contributed by atoms with Crippen LogP contribution in [0.4, 0.5) is 0 Å². The highest BCUT2D eigenvalue weighted by molar-refractivity contribution is 5.90. The van der Waals surface area contributed by atoms with Gasteiger partial charge in [0.1, 0.15) is 11.8 Å². The van der Waals surface area contributed by atoms with Crippen molar-refractivity contribution in [2.45, 2.75) is 31.0 Å². The average Bonchev–Trinajstić information content (AvgIpc) is 2.82. The molecular weight excluding hydrogens is 258 g/mol. The van der Waals surface area contributed by atoms with E-state index in [2.05, 4.69) is 10.3 Å². The Morgan fingerprint density at radius 3 is 3.00 bits per heavy atom. The molecule has 1 atom stereocenters. The lowest BCUT2D eigenvalue weighted by Crippen LogP contribution is -2.41. The number of pyridine rings is 1. The molecule has 3 N–H and O–H groups in total. The molecule has 6 heteroatoms. The molecule has 1 unspecified atom stereocenters. The van der Waals surface area contributed by atoms with Crippen LogP contribution in [-0.4, -0.2) is 42.3 Å². The monoisotopic (exact) mass is 277 g/mol. The quantitative estimate of drug-likeness (QED) is 0.838. The van der Waals surface area contributed by atoms with E-state index < -0.39 is 5.91 Å². The first-order chi connectivity index (χ1) is 9.67. The highest BCUT2D eigenvalue weighted by Crippen LogP contribution is 2.35. The van der Waals surface area contributed by atoms with E-state index in [1.165, 1.54) is 0 Å². The SMILES string of the molecule is NC(=O)c1cccc(OC2COC3(CCNCC3)C2)n1. The van der Waals surface area contributed by atoms with E-state index in [-0.39, 0.29) is 17.4 Å². The summed E-state index contributed by atoms with van der Waals surface area (Å²) in [6.07, 6.45) is 2.89. The van der Waals surface area contributed by atoms with Gasteiger partial charge in [-0.15, -0.1) is 0 Å². The molecule has 2 aliphatic rings. The van der Waals surface area contributed by atoms with Crippen LogP contribution in [0.1, 0.15) is 29.8 Å². The second kappa shape index (κ2) is 5.38. The van der Waals surface area contributed by atoms with Gasteiger partial charge in [-0.2, -0.15) is 0 Å². The number of nitrogens with zero attached hydrogens (tertiary/aromatic N) is 1. The van der Waals surface area contributed by atoms with Crippen LogP contribution in [0.25, 0.3) is 0 Å². The normalized spacial score (nSPS) is 24.7. The number of nitrogens with one attached hydrogen (secondary N) is 1. The summed E-state index contributed by atoms with van der Waals surface area (Å²) in [6, 6.07) is 5.03. The molecule has 6 nitrogen and oxygen atoms in total. The number of piperidine rings is 1. The Labute approximate surface area is 117 Å². The number of amides is 1. The van der Waals surface area contributed by atoms with Gasteiger partial charge in [-0.05, 0) is 32.0 Å². The number of hydrogen-bond donors (Lipinski definition) is 2. The lowest BCUT2D eigenvalue weighted by atomic mass is 9.89.